The lowest BCUT2D eigenvalue weighted by atomic mass is 10.1. The first-order valence-electron chi connectivity index (χ1n) is 4.18. The minimum atomic E-state index is -0.662. The number of aliphatic imine (C=N–C) groups is 2. The van der Waals surface area contributed by atoms with Crippen molar-refractivity contribution in [1.29, 1.82) is 0 Å². The molecule has 0 bridgehead atoms. The van der Waals surface area contributed by atoms with Crippen LogP contribution in [0.1, 0.15) is 11.6 Å². The Morgan fingerprint density at radius 2 is 1.87 bits per heavy atom. The molecule has 0 amide bonds. The maximum absolute atomic E-state index is 10.2. The monoisotopic (exact) mass is 200 g/mol. The Morgan fingerprint density at radius 3 is 2.40 bits per heavy atom. The highest BCUT2D eigenvalue weighted by Gasteiger charge is 2.12. The van der Waals surface area contributed by atoms with Gasteiger partial charge in [0.15, 0.2) is 0 Å². The van der Waals surface area contributed by atoms with Crippen LogP contribution in [0.15, 0.2) is 52.6 Å². The third-order valence-electron chi connectivity index (χ3n) is 1.80. The predicted octanol–water partition coefficient (Wildman–Crippen LogP) is 1.91. The van der Waals surface area contributed by atoms with Gasteiger partial charge in [-0.15, -0.1) is 0 Å². The van der Waals surface area contributed by atoms with E-state index in [4.69, 9.17) is 0 Å². The molecule has 0 heterocycles. The van der Waals surface area contributed by atoms with E-state index in [1.807, 2.05) is 6.07 Å². The van der Waals surface area contributed by atoms with Gasteiger partial charge in [0.1, 0.15) is 6.04 Å². The van der Waals surface area contributed by atoms with Gasteiger partial charge in [-0.1, -0.05) is 36.9 Å². The normalized spacial score (nSPS) is 10.7. The maximum atomic E-state index is 10.2. The fourth-order valence-corrected chi connectivity index (χ4v) is 1.15. The van der Waals surface area contributed by atoms with Crippen molar-refractivity contribution >= 4 is 12.2 Å². The second-order valence-corrected chi connectivity index (χ2v) is 2.73. The lowest BCUT2D eigenvalue weighted by Crippen LogP contribution is -1.96. The molecule has 1 rings (SSSR count). The van der Waals surface area contributed by atoms with E-state index < -0.39 is 6.04 Å². The molecular formula is C11H8N2O2. The van der Waals surface area contributed by atoms with Crippen molar-refractivity contribution in [2.45, 2.75) is 6.04 Å². The number of hydrogen-bond acceptors (Lipinski definition) is 4. The second kappa shape index (κ2) is 5.45. The lowest BCUT2D eigenvalue weighted by Gasteiger charge is -2.08. The molecule has 0 radical (unpaired) electrons. The Hall–Kier alpha value is -2.28. The zero-order chi connectivity index (χ0) is 11.1. The molecule has 0 spiro atoms. The van der Waals surface area contributed by atoms with Crippen LogP contribution in [0.25, 0.3) is 0 Å². The summed E-state index contributed by atoms with van der Waals surface area (Å²) in [6.07, 6.45) is 2.79. The number of carbonyl (C=O) groups excluding carboxylic acids is 2. The van der Waals surface area contributed by atoms with Crippen LogP contribution < -0.4 is 0 Å². The topological polar surface area (TPSA) is 58.9 Å². The van der Waals surface area contributed by atoms with Crippen LogP contribution in [0.5, 0.6) is 0 Å². The van der Waals surface area contributed by atoms with E-state index in [1.54, 1.807) is 24.3 Å². The van der Waals surface area contributed by atoms with E-state index in [9.17, 15) is 9.59 Å². The Kier molecular flexibility index (Phi) is 3.92. The second-order valence-electron chi connectivity index (χ2n) is 2.73. The van der Waals surface area contributed by atoms with Gasteiger partial charge in [-0.05, 0) is 5.56 Å². The van der Waals surface area contributed by atoms with Crippen molar-refractivity contribution in [3.05, 3.63) is 48.2 Å². The van der Waals surface area contributed by atoms with Gasteiger partial charge in [-0.2, -0.15) is 9.98 Å². The summed E-state index contributed by atoms with van der Waals surface area (Å²) in [6.45, 7) is 3.54. The molecule has 0 aliphatic rings. The van der Waals surface area contributed by atoms with Crippen molar-refractivity contribution in [3.63, 3.8) is 0 Å². The third kappa shape index (κ3) is 2.85. The Balaban J connectivity index is 3.08. The minimum absolute atomic E-state index is 0.166. The summed E-state index contributed by atoms with van der Waals surface area (Å²) in [7, 11) is 0. The molecule has 0 saturated carbocycles. The van der Waals surface area contributed by atoms with Gasteiger partial charge in [0.05, 0.1) is 5.70 Å². The number of nitrogens with zero attached hydrogens (tertiary/aromatic N) is 2. The van der Waals surface area contributed by atoms with E-state index in [0.717, 1.165) is 5.56 Å². The van der Waals surface area contributed by atoms with E-state index >= 15 is 0 Å². The zero-order valence-corrected chi connectivity index (χ0v) is 7.88. The van der Waals surface area contributed by atoms with Crippen LogP contribution in [0.4, 0.5) is 0 Å². The van der Waals surface area contributed by atoms with E-state index in [1.165, 1.54) is 12.2 Å². The lowest BCUT2D eigenvalue weighted by molar-refractivity contribution is 0.558. The summed E-state index contributed by atoms with van der Waals surface area (Å²) in [5, 5.41) is 0. The molecule has 1 unspecified atom stereocenters. The van der Waals surface area contributed by atoms with Crippen LogP contribution in [-0.4, -0.2) is 12.2 Å². The summed E-state index contributed by atoms with van der Waals surface area (Å²) in [4.78, 5) is 27.2. The third-order valence-corrected chi connectivity index (χ3v) is 1.80. The van der Waals surface area contributed by atoms with Gasteiger partial charge in [0, 0.05) is 0 Å². The van der Waals surface area contributed by atoms with Gasteiger partial charge in [-0.3, -0.25) is 0 Å². The van der Waals surface area contributed by atoms with Gasteiger partial charge in [-0.25, -0.2) is 9.59 Å². The van der Waals surface area contributed by atoms with Crippen molar-refractivity contribution in [3.8, 4) is 0 Å². The molecule has 4 nitrogen and oxygen atoms in total. The first-order chi connectivity index (χ1) is 7.29. The summed E-state index contributed by atoms with van der Waals surface area (Å²) < 4.78 is 0. The fraction of sp³-hybridized carbons (Fsp3) is 0.0909. The van der Waals surface area contributed by atoms with Crippen molar-refractivity contribution in [2.24, 2.45) is 9.98 Å². The van der Waals surface area contributed by atoms with Crippen LogP contribution in [0.3, 0.4) is 0 Å². The summed E-state index contributed by atoms with van der Waals surface area (Å²) in [5.74, 6) is 0. The molecule has 0 aliphatic heterocycles. The Bertz CT molecular complexity index is 441. The molecule has 0 saturated heterocycles. The SMILES string of the molecule is C=C(N=C=O)C(N=C=O)c1ccccc1. The van der Waals surface area contributed by atoms with Gasteiger partial charge >= 0.3 is 0 Å². The minimum Gasteiger partial charge on any atom is -0.211 e. The van der Waals surface area contributed by atoms with Gasteiger partial charge in [0.2, 0.25) is 12.2 Å². The van der Waals surface area contributed by atoms with Crippen LogP contribution in [0, 0.1) is 0 Å². The Morgan fingerprint density at radius 1 is 1.20 bits per heavy atom. The van der Waals surface area contributed by atoms with Crippen LogP contribution >= 0.6 is 0 Å². The van der Waals surface area contributed by atoms with Crippen molar-refractivity contribution in [1.82, 2.24) is 0 Å². The molecule has 74 valence electrons. The number of hydrogen-bond donors (Lipinski definition) is 0. The predicted molar refractivity (Wildman–Crippen MR) is 54.6 cm³/mol. The highest BCUT2D eigenvalue weighted by atomic mass is 16.1. The van der Waals surface area contributed by atoms with E-state index in [2.05, 4.69) is 16.6 Å². The molecule has 4 heteroatoms. The molecule has 0 fully saturated rings. The number of isocyanates is 2. The summed E-state index contributed by atoms with van der Waals surface area (Å²) in [6, 6.07) is 8.27. The van der Waals surface area contributed by atoms with Crippen LogP contribution in [-0.2, 0) is 9.59 Å². The Labute approximate surface area is 86.7 Å². The molecule has 0 aliphatic carbocycles. The smallest absolute Gasteiger partial charge is 0.211 e. The van der Waals surface area contributed by atoms with Gasteiger partial charge in [0.25, 0.3) is 0 Å². The molecule has 15 heavy (non-hydrogen) atoms. The highest BCUT2D eigenvalue weighted by Crippen LogP contribution is 2.24. The quantitative estimate of drug-likeness (QED) is 0.550. The molecule has 0 N–H and O–H groups in total. The van der Waals surface area contributed by atoms with E-state index in [0.29, 0.717) is 0 Å². The van der Waals surface area contributed by atoms with E-state index in [-0.39, 0.29) is 5.70 Å². The first-order valence-corrected chi connectivity index (χ1v) is 4.18. The summed E-state index contributed by atoms with van der Waals surface area (Å²) >= 11 is 0. The fourth-order valence-electron chi connectivity index (χ4n) is 1.15. The maximum Gasteiger partial charge on any atom is 0.240 e. The van der Waals surface area contributed by atoms with Gasteiger partial charge < -0.3 is 0 Å². The molecule has 0 aromatic heterocycles. The first kappa shape index (κ1) is 10.8. The average molecular weight is 200 g/mol. The largest absolute Gasteiger partial charge is 0.240 e. The van der Waals surface area contributed by atoms with Crippen molar-refractivity contribution < 1.29 is 9.59 Å². The number of benzene rings is 1. The molecule has 1 atom stereocenters. The molecular weight excluding hydrogens is 192 g/mol. The van der Waals surface area contributed by atoms with Crippen molar-refractivity contribution in [2.75, 3.05) is 0 Å². The zero-order valence-electron chi connectivity index (χ0n) is 7.88. The average Bonchev–Trinajstić information content (AvgIpc) is 2.27. The summed E-state index contributed by atoms with van der Waals surface area (Å²) in [5.41, 5.74) is 0.893. The standard InChI is InChI=1S/C11H8N2O2/c1-9(12-7-14)11(13-8-15)10-5-3-2-4-6-10/h2-6,11H,1H2. The molecule has 1 aromatic carbocycles. The molecule has 1 aromatic rings. The number of rotatable bonds is 4. The van der Waals surface area contributed by atoms with Crippen LogP contribution in [0.2, 0.25) is 0 Å². The highest BCUT2D eigenvalue weighted by molar-refractivity contribution is 5.42.